The Morgan fingerprint density at radius 2 is 2.67 bits per heavy atom. The molecule has 0 saturated carbocycles. The Bertz CT molecular complexity index is 328. The van der Waals surface area contributed by atoms with E-state index in [0.717, 1.165) is 0 Å². The summed E-state index contributed by atoms with van der Waals surface area (Å²) in [5.74, 6) is 0. The summed E-state index contributed by atoms with van der Waals surface area (Å²) in [7, 11) is 0. The number of rotatable bonds is 3. The Kier molecular flexibility index (Phi) is 2.59. The van der Waals surface area contributed by atoms with E-state index in [4.69, 9.17) is 18.0 Å². The zero-order valence-corrected chi connectivity index (χ0v) is 7.47. The van der Waals surface area contributed by atoms with Crippen LogP contribution in [0.2, 0.25) is 0 Å². The SMILES string of the molecule is CCC(C(N)=S)n1cn[nH]c1=O. The molecule has 3 N–H and O–H groups in total. The molecule has 0 fully saturated rings. The summed E-state index contributed by atoms with van der Waals surface area (Å²) >= 11 is 4.80. The van der Waals surface area contributed by atoms with Gasteiger partial charge in [-0.1, -0.05) is 19.1 Å². The highest BCUT2D eigenvalue weighted by molar-refractivity contribution is 7.80. The highest BCUT2D eigenvalue weighted by Crippen LogP contribution is 2.06. The largest absolute Gasteiger partial charge is 0.392 e. The lowest BCUT2D eigenvalue weighted by molar-refractivity contribution is 0.600. The van der Waals surface area contributed by atoms with E-state index < -0.39 is 0 Å². The molecule has 0 amide bonds. The minimum atomic E-state index is -0.283. The minimum Gasteiger partial charge on any atom is -0.392 e. The predicted molar refractivity (Wildman–Crippen MR) is 49.0 cm³/mol. The lowest BCUT2D eigenvalue weighted by Crippen LogP contribution is -2.30. The van der Waals surface area contributed by atoms with E-state index in [2.05, 4.69) is 10.2 Å². The number of hydrogen-bond acceptors (Lipinski definition) is 3. The van der Waals surface area contributed by atoms with Crippen LogP contribution in [0.15, 0.2) is 11.1 Å². The van der Waals surface area contributed by atoms with Crippen molar-refractivity contribution in [1.29, 1.82) is 0 Å². The number of nitrogens with zero attached hydrogens (tertiary/aromatic N) is 2. The van der Waals surface area contributed by atoms with Crippen molar-refractivity contribution in [3.8, 4) is 0 Å². The zero-order chi connectivity index (χ0) is 9.14. The van der Waals surface area contributed by atoms with Gasteiger partial charge in [0.05, 0.1) is 11.0 Å². The number of aromatic nitrogens is 3. The summed E-state index contributed by atoms with van der Waals surface area (Å²) in [5.41, 5.74) is 5.15. The Labute approximate surface area is 74.6 Å². The van der Waals surface area contributed by atoms with Crippen LogP contribution >= 0.6 is 12.2 Å². The molecule has 1 atom stereocenters. The Hall–Kier alpha value is -1.17. The maximum atomic E-state index is 11.1. The summed E-state index contributed by atoms with van der Waals surface area (Å²) < 4.78 is 1.39. The van der Waals surface area contributed by atoms with Crippen molar-refractivity contribution >= 4 is 17.2 Å². The lowest BCUT2D eigenvalue weighted by Gasteiger charge is -2.11. The maximum Gasteiger partial charge on any atom is 0.343 e. The maximum absolute atomic E-state index is 11.1. The van der Waals surface area contributed by atoms with Crippen LogP contribution in [0.25, 0.3) is 0 Å². The fraction of sp³-hybridized carbons (Fsp3) is 0.500. The van der Waals surface area contributed by atoms with Gasteiger partial charge in [-0.3, -0.25) is 4.57 Å². The van der Waals surface area contributed by atoms with E-state index in [1.54, 1.807) is 0 Å². The van der Waals surface area contributed by atoms with Crippen molar-refractivity contribution in [1.82, 2.24) is 14.8 Å². The Morgan fingerprint density at radius 1 is 2.00 bits per heavy atom. The molecule has 0 saturated heterocycles. The van der Waals surface area contributed by atoms with E-state index in [1.807, 2.05) is 6.92 Å². The number of hydrogen-bond donors (Lipinski definition) is 2. The highest BCUT2D eigenvalue weighted by atomic mass is 32.1. The van der Waals surface area contributed by atoms with Gasteiger partial charge in [-0.2, -0.15) is 5.10 Å². The standard InChI is InChI=1S/C6H10N4OS/c1-2-4(5(7)12)10-3-8-9-6(10)11/h3-4H,2H2,1H3,(H2,7,12)(H,9,11). The van der Waals surface area contributed by atoms with Gasteiger partial charge in [-0.25, -0.2) is 9.89 Å². The van der Waals surface area contributed by atoms with Crippen LogP contribution in [0.4, 0.5) is 0 Å². The van der Waals surface area contributed by atoms with E-state index in [0.29, 0.717) is 11.4 Å². The van der Waals surface area contributed by atoms with E-state index >= 15 is 0 Å². The van der Waals surface area contributed by atoms with Gasteiger partial charge in [0.2, 0.25) is 0 Å². The van der Waals surface area contributed by atoms with Gasteiger partial charge < -0.3 is 5.73 Å². The first-order chi connectivity index (χ1) is 5.66. The molecule has 0 aliphatic heterocycles. The zero-order valence-electron chi connectivity index (χ0n) is 6.65. The lowest BCUT2D eigenvalue weighted by atomic mass is 10.2. The van der Waals surface area contributed by atoms with Crippen molar-refractivity contribution in [2.45, 2.75) is 19.4 Å². The Morgan fingerprint density at radius 3 is 3.00 bits per heavy atom. The van der Waals surface area contributed by atoms with Crippen molar-refractivity contribution in [3.05, 3.63) is 16.8 Å². The molecule has 1 rings (SSSR count). The monoisotopic (exact) mass is 186 g/mol. The predicted octanol–water partition coefficient (Wildman–Crippen LogP) is -0.191. The van der Waals surface area contributed by atoms with Gasteiger partial charge in [0.15, 0.2) is 0 Å². The molecular formula is C6H10N4OS. The summed E-state index contributed by atoms with van der Waals surface area (Å²) in [4.78, 5) is 11.4. The van der Waals surface area contributed by atoms with Gasteiger partial charge in [-0.15, -0.1) is 0 Å². The summed E-state index contributed by atoms with van der Waals surface area (Å²) in [6, 6.07) is -0.230. The van der Waals surface area contributed by atoms with Crippen LogP contribution in [0.5, 0.6) is 0 Å². The van der Waals surface area contributed by atoms with Crippen LogP contribution in [-0.2, 0) is 0 Å². The number of H-pyrrole nitrogens is 1. The van der Waals surface area contributed by atoms with Crippen LogP contribution < -0.4 is 11.4 Å². The van der Waals surface area contributed by atoms with Crippen LogP contribution in [-0.4, -0.2) is 19.8 Å². The molecule has 6 heteroatoms. The Balaban J connectivity index is 3.03. The van der Waals surface area contributed by atoms with Gasteiger partial charge in [0.1, 0.15) is 6.33 Å². The molecule has 0 aromatic carbocycles. The number of thiocarbonyl (C=S) groups is 1. The van der Waals surface area contributed by atoms with Crippen LogP contribution in [0.1, 0.15) is 19.4 Å². The molecule has 1 aromatic heterocycles. The first-order valence-electron chi connectivity index (χ1n) is 3.57. The number of aromatic amines is 1. The van der Waals surface area contributed by atoms with Gasteiger partial charge in [0, 0.05) is 0 Å². The molecule has 5 nitrogen and oxygen atoms in total. The van der Waals surface area contributed by atoms with E-state index in [9.17, 15) is 4.79 Å². The van der Waals surface area contributed by atoms with Gasteiger partial charge in [-0.05, 0) is 6.42 Å². The number of nitrogens with two attached hydrogens (primary N) is 1. The van der Waals surface area contributed by atoms with Crippen LogP contribution in [0.3, 0.4) is 0 Å². The molecule has 1 heterocycles. The quantitative estimate of drug-likeness (QED) is 0.641. The second kappa shape index (κ2) is 3.48. The molecule has 0 aliphatic carbocycles. The van der Waals surface area contributed by atoms with E-state index in [1.165, 1.54) is 10.9 Å². The van der Waals surface area contributed by atoms with Crippen molar-refractivity contribution < 1.29 is 0 Å². The second-order valence-electron chi connectivity index (χ2n) is 2.40. The molecule has 0 bridgehead atoms. The normalized spacial score (nSPS) is 12.8. The van der Waals surface area contributed by atoms with E-state index in [-0.39, 0.29) is 11.7 Å². The molecule has 12 heavy (non-hydrogen) atoms. The smallest absolute Gasteiger partial charge is 0.343 e. The first kappa shape index (κ1) is 8.92. The molecule has 0 spiro atoms. The third-order valence-electron chi connectivity index (χ3n) is 1.63. The second-order valence-corrected chi connectivity index (χ2v) is 2.87. The minimum absolute atomic E-state index is 0.230. The highest BCUT2D eigenvalue weighted by Gasteiger charge is 2.13. The average molecular weight is 186 g/mol. The average Bonchev–Trinajstić information content (AvgIpc) is 2.38. The van der Waals surface area contributed by atoms with Gasteiger partial charge >= 0.3 is 5.69 Å². The summed E-state index contributed by atoms with van der Waals surface area (Å²) in [6.07, 6.45) is 2.09. The fourth-order valence-corrected chi connectivity index (χ4v) is 1.29. The molecule has 1 aromatic rings. The molecule has 0 radical (unpaired) electrons. The molecular weight excluding hydrogens is 176 g/mol. The molecule has 0 aliphatic rings. The van der Waals surface area contributed by atoms with Gasteiger partial charge in [0.25, 0.3) is 0 Å². The topological polar surface area (TPSA) is 76.7 Å². The fourth-order valence-electron chi connectivity index (χ4n) is 1.01. The molecule has 66 valence electrons. The van der Waals surface area contributed by atoms with Crippen LogP contribution in [0, 0.1) is 0 Å². The van der Waals surface area contributed by atoms with Crippen molar-refractivity contribution in [2.75, 3.05) is 0 Å². The molecule has 1 unspecified atom stereocenters. The summed E-state index contributed by atoms with van der Waals surface area (Å²) in [5, 5.41) is 5.86. The third kappa shape index (κ3) is 1.53. The first-order valence-corrected chi connectivity index (χ1v) is 3.98. The number of nitrogens with one attached hydrogen (secondary N) is 1. The van der Waals surface area contributed by atoms with Crippen molar-refractivity contribution in [2.24, 2.45) is 5.73 Å². The third-order valence-corrected chi connectivity index (χ3v) is 1.90. The van der Waals surface area contributed by atoms with Crippen molar-refractivity contribution in [3.63, 3.8) is 0 Å². The summed E-state index contributed by atoms with van der Waals surface area (Å²) in [6.45, 7) is 1.91.